The van der Waals surface area contributed by atoms with Crippen LogP contribution in [0.3, 0.4) is 0 Å². The molecule has 0 amide bonds. The van der Waals surface area contributed by atoms with E-state index in [0.717, 1.165) is 23.5 Å². The van der Waals surface area contributed by atoms with Crippen molar-refractivity contribution in [3.63, 3.8) is 0 Å². The third-order valence-corrected chi connectivity index (χ3v) is 7.20. The van der Waals surface area contributed by atoms with Gasteiger partial charge in [-0.05, 0) is 31.6 Å². The van der Waals surface area contributed by atoms with E-state index in [2.05, 4.69) is 26.0 Å². The van der Waals surface area contributed by atoms with E-state index < -0.39 is 10.8 Å². The number of hydrogen-bond donors (Lipinski definition) is 0. The van der Waals surface area contributed by atoms with Crippen molar-refractivity contribution in [3.8, 4) is 0 Å². The highest BCUT2D eigenvalue weighted by Gasteiger charge is 2.37. The molecule has 1 aliphatic rings. The summed E-state index contributed by atoms with van der Waals surface area (Å²) in [6.45, 7) is 4.69. The normalized spacial score (nSPS) is 25.0. The standard InChI is InChI=1S/C14H20O2S2/c1-14(2,13-17-9-6-10-18(13)15)16-11-12-7-4-3-5-8-12/h3-5,7-8,13H,6,9-11H2,1-2H3/t13-,18-/m0/s1. The molecule has 4 heteroatoms. The third kappa shape index (κ3) is 3.59. The second-order valence-electron chi connectivity index (χ2n) is 5.02. The molecule has 0 unspecified atom stereocenters. The van der Waals surface area contributed by atoms with Gasteiger partial charge in [0.05, 0.1) is 12.2 Å². The molecule has 0 saturated carbocycles. The van der Waals surface area contributed by atoms with Crippen LogP contribution in [-0.4, -0.2) is 25.9 Å². The van der Waals surface area contributed by atoms with Crippen molar-refractivity contribution in [3.05, 3.63) is 35.9 Å². The van der Waals surface area contributed by atoms with Crippen molar-refractivity contribution in [2.24, 2.45) is 0 Å². The number of rotatable bonds is 4. The summed E-state index contributed by atoms with van der Waals surface area (Å²) in [7, 11) is -0.767. The predicted molar refractivity (Wildman–Crippen MR) is 79.2 cm³/mol. The van der Waals surface area contributed by atoms with E-state index in [-0.39, 0.29) is 10.2 Å². The van der Waals surface area contributed by atoms with E-state index >= 15 is 0 Å². The summed E-state index contributed by atoms with van der Waals surface area (Å²) in [6, 6.07) is 10.1. The van der Waals surface area contributed by atoms with Crippen molar-refractivity contribution >= 4 is 22.6 Å². The van der Waals surface area contributed by atoms with Crippen LogP contribution in [0.15, 0.2) is 30.3 Å². The fourth-order valence-corrected chi connectivity index (χ4v) is 5.71. The van der Waals surface area contributed by atoms with Gasteiger partial charge in [0.1, 0.15) is 4.58 Å². The molecule has 0 bridgehead atoms. The van der Waals surface area contributed by atoms with E-state index in [9.17, 15) is 4.21 Å². The summed E-state index contributed by atoms with van der Waals surface area (Å²) in [6.07, 6.45) is 1.06. The maximum Gasteiger partial charge on any atom is 0.108 e. The van der Waals surface area contributed by atoms with Gasteiger partial charge in [-0.2, -0.15) is 0 Å². The van der Waals surface area contributed by atoms with Gasteiger partial charge in [-0.1, -0.05) is 30.3 Å². The number of ether oxygens (including phenoxy) is 1. The van der Waals surface area contributed by atoms with Gasteiger partial charge in [0.15, 0.2) is 0 Å². The van der Waals surface area contributed by atoms with Crippen molar-refractivity contribution in [2.75, 3.05) is 11.5 Å². The van der Waals surface area contributed by atoms with Crippen molar-refractivity contribution < 1.29 is 8.95 Å². The molecule has 1 aromatic carbocycles. The number of benzene rings is 1. The molecule has 2 nitrogen and oxygen atoms in total. The highest BCUT2D eigenvalue weighted by Crippen LogP contribution is 2.34. The van der Waals surface area contributed by atoms with Gasteiger partial charge in [0, 0.05) is 16.6 Å². The summed E-state index contributed by atoms with van der Waals surface area (Å²) in [5.41, 5.74) is 0.823. The summed E-state index contributed by atoms with van der Waals surface area (Å²) in [5, 5.41) is 0. The lowest BCUT2D eigenvalue weighted by Crippen LogP contribution is -2.42. The molecule has 100 valence electrons. The Kier molecular flexibility index (Phi) is 4.87. The lowest BCUT2D eigenvalue weighted by Gasteiger charge is -2.35. The quantitative estimate of drug-likeness (QED) is 0.849. The van der Waals surface area contributed by atoms with Gasteiger partial charge in [0.25, 0.3) is 0 Å². The average Bonchev–Trinajstić information content (AvgIpc) is 2.38. The molecule has 1 heterocycles. The van der Waals surface area contributed by atoms with Crippen LogP contribution in [0.4, 0.5) is 0 Å². The van der Waals surface area contributed by atoms with Crippen molar-refractivity contribution in [1.29, 1.82) is 0 Å². The molecular weight excluding hydrogens is 264 g/mol. The largest absolute Gasteiger partial charge is 0.369 e. The Hall–Kier alpha value is -0.320. The maximum atomic E-state index is 12.1. The van der Waals surface area contributed by atoms with E-state index in [4.69, 9.17) is 4.74 Å². The summed E-state index contributed by atoms with van der Waals surface area (Å²) < 4.78 is 18.2. The molecule has 0 spiro atoms. The van der Waals surface area contributed by atoms with E-state index in [0.29, 0.717) is 6.61 Å². The van der Waals surface area contributed by atoms with Gasteiger partial charge in [-0.15, -0.1) is 11.8 Å². The van der Waals surface area contributed by atoms with Crippen LogP contribution < -0.4 is 0 Å². The van der Waals surface area contributed by atoms with Crippen LogP contribution in [0.1, 0.15) is 25.8 Å². The van der Waals surface area contributed by atoms with Crippen LogP contribution in [0.25, 0.3) is 0 Å². The molecule has 1 fully saturated rings. The highest BCUT2D eigenvalue weighted by atomic mass is 32.2. The molecule has 0 radical (unpaired) electrons. The smallest absolute Gasteiger partial charge is 0.108 e. The van der Waals surface area contributed by atoms with Gasteiger partial charge >= 0.3 is 0 Å². The van der Waals surface area contributed by atoms with Crippen LogP contribution in [0.2, 0.25) is 0 Å². The zero-order valence-electron chi connectivity index (χ0n) is 10.9. The molecule has 18 heavy (non-hydrogen) atoms. The molecule has 1 aliphatic heterocycles. The highest BCUT2D eigenvalue weighted by molar-refractivity contribution is 8.12. The van der Waals surface area contributed by atoms with Crippen molar-refractivity contribution in [2.45, 2.75) is 37.1 Å². The zero-order valence-corrected chi connectivity index (χ0v) is 12.6. The molecule has 0 N–H and O–H groups in total. The molecule has 1 saturated heterocycles. The molecule has 1 aromatic rings. The molecule has 0 aliphatic carbocycles. The summed E-state index contributed by atoms with van der Waals surface area (Å²) in [4.78, 5) is 0. The van der Waals surface area contributed by atoms with E-state index in [1.54, 1.807) is 11.8 Å². The van der Waals surface area contributed by atoms with E-state index in [1.807, 2.05) is 18.2 Å². The predicted octanol–water partition coefficient (Wildman–Crippen LogP) is 3.19. The number of thioether (sulfide) groups is 1. The molecular formula is C14H20O2S2. The molecule has 2 atom stereocenters. The Morgan fingerprint density at radius 1 is 1.39 bits per heavy atom. The van der Waals surface area contributed by atoms with Gasteiger partial charge in [-0.3, -0.25) is 4.21 Å². The monoisotopic (exact) mass is 284 g/mol. The topological polar surface area (TPSA) is 26.3 Å². The lowest BCUT2D eigenvalue weighted by molar-refractivity contribution is -0.0175. The fraction of sp³-hybridized carbons (Fsp3) is 0.571. The first-order chi connectivity index (χ1) is 8.59. The Morgan fingerprint density at radius 2 is 2.11 bits per heavy atom. The second kappa shape index (κ2) is 6.22. The first kappa shape index (κ1) is 14.1. The van der Waals surface area contributed by atoms with Crippen LogP contribution in [-0.2, 0) is 22.1 Å². The number of hydrogen-bond acceptors (Lipinski definition) is 3. The first-order valence-corrected chi connectivity index (χ1v) is 8.69. The van der Waals surface area contributed by atoms with Crippen LogP contribution in [0, 0.1) is 0 Å². The lowest BCUT2D eigenvalue weighted by atomic mass is 10.1. The minimum absolute atomic E-state index is 0.0926. The Labute approximate surface area is 116 Å². The summed E-state index contributed by atoms with van der Waals surface area (Å²) >= 11 is 1.79. The van der Waals surface area contributed by atoms with Gasteiger partial charge < -0.3 is 4.74 Å². The maximum absolute atomic E-state index is 12.1. The van der Waals surface area contributed by atoms with Crippen molar-refractivity contribution in [1.82, 2.24) is 0 Å². The average molecular weight is 284 g/mol. The van der Waals surface area contributed by atoms with Crippen LogP contribution in [0.5, 0.6) is 0 Å². The Morgan fingerprint density at radius 3 is 2.78 bits per heavy atom. The van der Waals surface area contributed by atoms with Crippen LogP contribution >= 0.6 is 11.8 Å². The Balaban J connectivity index is 1.96. The van der Waals surface area contributed by atoms with Gasteiger partial charge in [0.2, 0.25) is 0 Å². The third-order valence-electron chi connectivity index (χ3n) is 3.02. The molecule has 0 aromatic heterocycles. The van der Waals surface area contributed by atoms with Gasteiger partial charge in [-0.25, -0.2) is 0 Å². The minimum atomic E-state index is -0.767. The first-order valence-electron chi connectivity index (χ1n) is 6.26. The zero-order chi connectivity index (χ0) is 13.0. The summed E-state index contributed by atoms with van der Waals surface area (Å²) in [5.74, 6) is 1.91. The second-order valence-corrected chi connectivity index (χ2v) is 8.17. The minimum Gasteiger partial charge on any atom is -0.369 e. The fourth-order valence-electron chi connectivity index (χ4n) is 2.00. The van der Waals surface area contributed by atoms with E-state index in [1.165, 1.54) is 0 Å². The molecule has 2 rings (SSSR count). The Bertz CT molecular complexity index is 404. The SMILES string of the molecule is CC(C)(OCc1ccccc1)[C@H]1SCCC[S@@]1=O.